The molecule has 2 heteroatoms. The smallest absolute Gasteiger partial charge is 0.115 e. The third kappa shape index (κ3) is 1.72. The molecule has 13 heavy (non-hydrogen) atoms. The van der Waals surface area contributed by atoms with Crippen molar-refractivity contribution in [3.05, 3.63) is 48.5 Å². The van der Waals surface area contributed by atoms with E-state index in [1.54, 1.807) is 6.33 Å². The molecule has 0 saturated heterocycles. The van der Waals surface area contributed by atoms with E-state index in [1.165, 1.54) is 11.1 Å². The van der Waals surface area contributed by atoms with E-state index in [2.05, 4.69) is 35.1 Å². The summed E-state index contributed by atoms with van der Waals surface area (Å²) >= 11 is 0. The van der Waals surface area contributed by atoms with Gasteiger partial charge in [-0.05, 0) is 12.5 Å². The third-order valence-corrected chi connectivity index (χ3v) is 1.91. The van der Waals surface area contributed by atoms with Crippen LogP contribution in [0.2, 0.25) is 0 Å². The molecule has 1 aromatic carbocycles. The quantitative estimate of drug-likeness (QED) is 0.657. The van der Waals surface area contributed by atoms with Crippen molar-refractivity contribution in [2.24, 2.45) is 0 Å². The van der Waals surface area contributed by atoms with Crippen LogP contribution in [0.1, 0.15) is 5.56 Å². The van der Waals surface area contributed by atoms with Crippen LogP contribution in [0.4, 0.5) is 0 Å². The minimum Gasteiger partial charge on any atom is -0.244 e. The molecule has 0 spiro atoms. The first kappa shape index (κ1) is 7.92. The Hall–Kier alpha value is -1.70. The molecule has 0 radical (unpaired) electrons. The molecular weight excluding hydrogens is 160 g/mol. The minimum absolute atomic E-state index is 1.06. The van der Waals surface area contributed by atoms with Gasteiger partial charge in [-0.3, -0.25) is 0 Å². The van der Waals surface area contributed by atoms with Gasteiger partial charge in [-0.25, -0.2) is 9.97 Å². The molecule has 2 nitrogen and oxygen atoms in total. The van der Waals surface area contributed by atoms with Crippen molar-refractivity contribution in [2.75, 3.05) is 0 Å². The van der Waals surface area contributed by atoms with E-state index < -0.39 is 0 Å². The number of benzene rings is 1. The number of rotatable bonds is 1. The molecule has 0 aliphatic carbocycles. The lowest BCUT2D eigenvalue weighted by Gasteiger charge is -2.00. The first-order chi connectivity index (χ1) is 6.36. The molecule has 0 aliphatic rings. The van der Waals surface area contributed by atoms with Gasteiger partial charge in [0.15, 0.2) is 0 Å². The second kappa shape index (κ2) is 3.35. The van der Waals surface area contributed by atoms with Gasteiger partial charge in [0, 0.05) is 18.0 Å². The van der Waals surface area contributed by atoms with E-state index in [-0.39, 0.29) is 0 Å². The summed E-state index contributed by atoms with van der Waals surface area (Å²) in [5.41, 5.74) is 3.48. The Morgan fingerprint density at radius 3 is 2.46 bits per heavy atom. The molecule has 0 bridgehead atoms. The number of nitrogens with zero attached hydrogens (tertiary/aromatic N) is 2. The van der Waals surface area contributed by atoms with Crippen molar-refractivity contribution in [3.63, 3.8) is 0 Å². The first-order valence-electron chi connectivity index (χ1n) is 4.18. The monoisotopic (exact) mass is 170 g/mol. The highest BCUT2D eigenvalue weighted by atomic mass is 14.8. The van der Waals surface area contributed by atoms with Crippen LogP contribution >= 0.6 is 0 Å². The predicted octanol–water partition coefficient (Wildman–Crippen LogP) is 2.45. The average Bonchev–Trinajstić information content (AvgIpc) is 2.19. The molecule has 0 N–H and O–H groups in total. The Kier molecular flexibility index (Phi) is 2.04. The number of aryl methyl sites for hydroxylation is 1. The van der Waals surface area contributed by atoms with Gasteiger partial charge in [0.25, 0.3) is 0 Å². The summed E-state index contributed by atoms with van der Waals surface area (Å²) < 4.78 is 0. The van der Waals surface area contributed by atoms with Crippen molar-refractivity contribution in [1.29, 1.82) is 0 Å². The topological polar surface area (TPSA) is 25.8 Å². The van der Waals surface area contributed by atoms with Crippen LogP contribution in [0.3, 0.4) is 0 Å². The Labute approximate surface area is 77.3 Å². The highest BCUT2D eigenvalue weighted by Crippen LogP contribution is 2.17. The molecule has 2 rings (SSSR count). The molecule has 1 aromatic heterocycles. The second-order valence-electron chi connectivity index (χ2n) is 3.00. The second-order valence-corrected chi connectivity index (χ2v) is 3.00. The van der Waals surface area contributed by atoms with Crippen LogP contribution in [0, 0.1) is 6.92 Å². The lowest BCUT2D eigenvalue weighted by atomic mass is 10.1. The Bertz CT molecular complexity index is 396. The summed E-state index contributed by atoms with van der Waals surface area (Å²) in [6, 6.07) is 8.30. The maximum absolute atomic E-state index is 3.98. The number of aromatic nitrogens is 2. The molecule has 0 amide bonds. The van der Waals surface area contributed by atoms with Gasteiger partial charge in [-0.2, -0.15) is 0 Å². The Balaban J connectivity index is 2.48. The molecule has 0 aliphatic heterocycles. The first-order valence-corrected chi connectivity index (χ1v) is 4.18. The van der Waals surface area contributed by atoms with Crippen LogP contribution < -0.4 is 0 Å². The molecule has 2 aromatic rings. The van der Waals surface area contributed by atoms with Gasteiger partial charge >= 0.3 is 0 Å². The summed E-state index contributed by atoms with van der Waals surface area (Å²) in [5, 5.41) is 0. The lowest BCUT2D eigenvalue weighted by molar-refractivity contribution is 1.17. The van der Waals surface area contributed by atoms with E-state index in [1.807, 2.05) is 18.5 Å². The van der Waals surface area contributed by atoms with Crippen LogP contribution in [-0.2, 0) is 0 Å². The highest BCUT2D eigenvalue weighted by Gasteiger charge is 1.96. The van der Waals surface area contributed by atoms with Crippen molar-refractivity contribution in [1.82, 2.24) is 9.97 Å². The van der Waals surface area contributed by atoms with Gasteiger partial charge in [-0.1, -0.05) is 29.8 Å². The predicted molar refractivity (Wildman–Crippen MR) is 52.2 cm³/mol. The van der Waals surface area contributed by atoms with Crippen molar-refractivity contribution < 1.29 is 0 Å². The van der Waals surface area contributed by atoms with E-state index in [4.69, 9.17) is 0 Å². The van der Waals surface area contributed by atoms with Crippen molar-refractivity contribution in [3.8, 4) is 11.1 Å². The molecule has 64 valence electrons. The zero-order chi connectivity index (χ0) is 9.10. The van der Waals surface area contributed by atoms with Gasteiger partial charge in [0.2, 0.25) is 0 Å². The average molecular weight is 170 g/mol. The molecule has 0 fully saturated rings. The summed E-state index contributed by atoms with van der Waals surface area (Å²) in [4.78, 5) is 7.96. The standard InChI is InChI=1S/C11H10N2/c1-9-3-2-4-10(5-9)11-6-12-8-13-7-11/h2-8H,1H3. The maximum atomic E-state index is 3.98. The van der Waals surface area contributed by atoms with Crippen LogP contribution in [0.15, 0.2) is 43.0 Å². The van der Waals surface area contributed by atoms with Gasteiger partial charge in [-0.15, -0.1) is 0 Å². The molecular formula is C11H10N2. The number of hydrogen-bond acceptors (Lipinski definition) is 2. The van der Waals surface area contributed by atoms with E-state index in [0.29, 0.717) is 0 Å². The maximum Gasteiger partial charge on any atom is 0.115 e. The fourth-order valence-electron chi connectivity index (χ4n) is 1.27. The van der Waals surface area contributed by atoms with Gasteiger partial charge in [0.1, 0.15) is 6.33 Å². The summed E-state index contributed by atoms with van der Waals surface area (Å²) in [5.74, 6) is 0. The van der Waals surface area contributed by atoms with Crippen LogP contribution in [0.5, 0.6) is 0 Å². The molecule has 1 heterocycles. The zero-order valence-corrected chi connectivity index (χ0v) is 7.44. The third-order valence-electron chi connectivity index (χ3n) is 1.91. The van der Waals surface area contributed by atoms with Gasteiger partial charge < -0.3 is 0 Å². The van der Waals surface area contributed by atoms with E-state index in [9.17, 15) is 0 Å². The fraction of sp³-hybridized carbons (Fsp3) is 0.0909. The Morgan fingerprint density at radius 1 is 1.00 bits per heavy atom. The SMILES string of the molecule is Cc1cccc(-c2cncnc2)c1. The van der Waals surface area contributed by atoms with E-state index in [0.717, 1.165) is 5.56 Å². The normalized spacial score (nSPS) is 9.92. The lowest BCUT2D eigenvalue weighted by Crippen LogP contribution is -1.82. The molecule has 0 saturated carbocycles. The fourth-order valence-corrected chi connectivity index (χ4v) is 1.27. The largest absolute Gasteiger partial charge is 0.244 e. The number of hydrogen-bond donors (Lipinski definition) is 0. The highest BCUT2D eigenvalue weighted by molar-refractivity contribution is 5.61. The summed E-state index contributed by atoms with van der Waals surface area (Å²) in [6.45, 7) is 2.08. The van der Waals surface area contributed by atoms with Crippen molar-refractivity contribution >= 4 is 0 Å². The molecule has 0 atom stereocenters. The summed E-state index contributed by atoms with van der Waals surface area (Å²) in [6.07, 6.45) is 5.18. The van der Waals surface area contributed by atoms with E-state index >= 15 is 0 Å². The van der Waals surface area contributed by atoms with Crippen LogP contribution in [0.25, 0.3) is 11.1 Å². The van der Waals surface area contributed by atoms with Crippen molar-refractivity contribution in [2.45, 2.75) is 6.92 Å². The van der Waals surface area contributed by atoms with Gasteiger partial charge in [0.05, 0.1) is 0 Å². The van der Waals surface area contributed by atoms with Crippen LogP contribution in [-0.4, -0.2) is 9.97 Å². The summed E-state index contributed by atoms with van der Waals surface area (Å²) in [7, 11) is 0. The zero-order valence-electron chi connectivity index (χ0n) is 7.44. The minimum atomic E-state index is 1.06. The molecule has 0 unspecified atom stereocenters. The Morgan fingerprint density at radius 2 is 1.77 bits per heavy atom.